The van der Waals surface area contributed by atoms with Gasteiger partial charge in [0.1, 0.15) is 12.4 Å². The molecule has 1 atom stereocenters. The van der Waals surface area contributed by atoms with E-state index in [1.165, 1.54) is 20.3 Å². The molecule has 0 saturated carbocycles. The Hall–Kier alpha value is -3.04. The highest BCUT2D eigenvalue weighted by Gasteiger charge is 2.29. The van der Waals surface area contributed by atoms with Crippen molar-refractivity contribution in [3.8, 4) is 17.2 Å². The molecule has 0 aliphatic carbocycles. The van der Waals surface area contributed by atoms with E-state index in [1.807, 2.05) is 0 Å². The summed E-state index contributed by atoms with van der Waals surface area (Å²) in [7, 11) is 2.88. The molecule has 2 heterocycles. The number of amides is 1. The number of phenols is 1. The average Bonchev–Trinajstić information content (AvgIpc) is 2.75. The van der Waals surface area contributed by atoms with Gasteiger partial charge in [-0.05, 0) is 17.7 Å². The summed E-state index contributed by atoms with van der Waals surface area (Å²) in [5, 5.41) is 20.7. The van der Waals surface area contributed by atoms with Crippen molar-refractivity contribution in [1.82, 2.24) is 4.90 Å². The van der Waals surface area contributed by atoms with Gasteiger partial charge < -0.3 is 33.7 Å². The fourth-order valence-corrected chi connectivity index (χ4v) is 3.41. The maximum atomic E-state index is 12.9. The van der Waals surface area contributed by atoms with E-state index in [0.717, 1.165) is 6.07 Å². The lowest BCUT2D eigenvalue weighted by Crippen LogP contribution is -2.41. The number of carbonyl (C=O) groups is 1. The molecule has 1 saturated heterocycles. The number of benzene rings is 1. The fraction of sp³-hybridized carbons (Fsp3) is 0.429. The number of rotatable bonds is 7. The monoisotopic (exact) mass is 419 g/mol. The number of ether oxygens (including phenoxy) is 3. The second-order valence-electron chi connectivity index (χ2n) is 6.90. The Bertz CT molecular complexity index is 949. The second-order valence-corrected chi connectivity index (χ2v) is 6.90. The molecule has 0 spiro atoms. The fourth-order valence-electron chi connectivity index (χ4n) is 3.41. The van der Waals surface area contributed by atoms with Crippen molar-refractivity contribution in [3.05, 3.63) is 51.6 Å². The number of hydrogen-bond donors (Lipinski definition) is 2. The van der Waals surface area contributed by atoms with Crippen LogP contribution in [0.3, 0.4) is 0 Å². The van der Waals surface area contributed by atoms with Crippen molar-refractivity contribution in [3.63, 3.8) is 0 Å². The Labute approximate surface area is 173 Å². The van der Waals surface area contributed by atoms with Gasteiger partial charge in [-0.25, -0.2) is 0 Å². The molecule has 1 aromatic heterocycles. The molecule has 9 heteroatoms. The van der Waals surface area contributed by atoms with E-state index >= 15 is 0 Å². The number of carbonyl (C=O) groups excluding carboxylic acids is 1. The molecule has 0 bridgehead atoms. The molecule has 1 aliphatic heterocycles. The molecule has 1 aliphatic rings. The van der Waals surface area contributed by atoms with Crippen molar-refractivity contribution in [2.45, 2.75) is 18.9 Å². The molecule has 2 N–H and O–H groups in total. The third kappa shape index (κ3) is 4.74. The van der Waals surface area contributed by atoms with E-state index in [1.54, 1.807) is 17.0 Å². The first-order valence-corrected chi connectivity index (χ1v) is 9.51. The molecule has 1 aromatic carbocycles. The quantitative estimate of drug-likeness (QED) is 0.695. The summed E-state index contributed by atoms with van der Waals surface area (Å²) in [4.78, 5) is 26.9. The van der Waals surface area contributed by atoms with Gasteiger partial charge in [0, 0.05) is 32.7 Å². The van der Waals surface area contributed by atoms with Crippen LogP contribution >= 0.6 is 0 Å². The van der Waals surface area contributed by atoms with E-state index < -0.39 is 17.1 Å². The van der Waals surface area contributed by atoms with E-state index in [4.69, 9.17) is 18.6 Å². The second kappa shape index (κ2) is 9.64. The first-order valence-electron chi connectivity index (χ1n) is 9.51. The SMILES string of the molecule is COCc1cc(=O)c(O)c(C(CC(=O)N2CCOCC2)c2ccc(OC)c(O)c2)o1. The van der Waals surface area contributed by atoms with Crippen LogP contribution in [0.1, 0.15) is 29.4 Å². The van der Waals surface area contributed by atoms with Crippen LogP contribution in [0, 0.1) is 0 Å². The standard InChI is InChI=1S/C21H25NO8/c1-27-12-14-10-17(24)20(26)21(30-14)15(11-19(25)22-5-7-29-8-6-22)13-3-4-18(28-2)16(23)9-13/h3-4,9-10,15,23,26H,5-8,11-12H2,1-2H3. The van der Waals surface area contributed by atoms with Crippen molar-refractivity contribution in [2.75, 3.05) is 40.5 Å². The molecule has 9 nitrogen and oxygen atoms in total. The predicted molar refractivity (Wildman–Crippen MR) is 106 cm³/mol. The van der Waals surface area contributed by atoms with Crippen LogP contribution < -0.4 is 10.2 Å². The maximum absolute atomic E-state index is 12.9. The Balaban J connectivity index is 2.04. The van der Waals surface area contributed by atoms with E-state index in [-0.39, 0.29) is 42.0 Å². The van der Waals surface area contributed by atoms with Gasteiger partial charge in [0.25, 0.3) is 0 Å². The third-order valence-electron chi connectivity index (χ3n) is 4.95. The van der Waals surface area contributed by atoms with Crippen LogP contribution in [0.15, 0.2) is 33.5 Å². The molecular weight excluding hydrogens is 394 g/mol. The molecule has 30 heavy (non-hydrogen) atoms. The number of nitrogens with zero attached hydrogens (tertiary/aromatic N) is 1. The highest BCUT2D eigenvalue weighted by atomic mass is 16.5. The van der Waals surface area contributed by atoms with Crippen LogP contribution in [0.5, 0.6) is 17.2 Å². The van der Waals surface area contributed by atoms with Crippen LogP contribution in [-0.2, 0) is 20.9 Å². The molecule has 1 amide bonds. The van der Waals surface area contributed by atoms with E-state index in [0.29, 0.717) is 31.9 Å². The molecular formula is C21H25NO8. The van der Waals surface area contributed by atoms with Gasteiger partial charge in [0.2, 0.25) is 17.1 Å². The first kappa shape index (κ1) is 21.7. The molecule has 3 rings (SSSR count). The summed E-state index contributed by atoms with van der Waals surface area (Å²) in [5.74, 6) is -1.27. The lowest BCUT2D eigenvalue weighted by atomic mass is 9.91. The lowest BCUT2D eigenvalue weighted by Gasteiger charge is -2.28. The predicted octanol–water partition coefficient (Wildman–Crippen LogP) is 1.59. The number of aromatic hydroxyl groups is 2. The van der Waals surface area contributed by atoms with Crippen molar-refractivity contribution in [1.29, 1.82) is 0 Å². The van der Waals surface area contributed by atoms with Crippen molar-refractivity contribution < 1.29 is 33.6 Å². The van der Waals surface area contributed by atoms with Crippen LogP contribution in [0.4, 0.5) is 0 Å². The lowest BCUT2D eigenvalue weighted by molar-refractivity contribution is -0.135. The zero-order valence-corrected chi connectivity index (χ0v) is 16.9. The molecule has 0 radical (unpaired) electrons. The maximum Gasteiger partial charge on any atom is 0.227 e. The van der Waals surface area contributed by atoms with Gasteiger partial charge in [-0.1, -0.05) is 6.07 Å². The van der Waals surface area contributed by atoms with Gasteiger partial charge in [-0.3, -0.25) is 9.59 Å². The Morgan fingerprint density at radius 1 is 1.20 bits per heavy atom. The highest BCUT2D eigenvalue weighted by molar-refractivity contribution is 5.78. The number of phenolic OH excluding ortho intramolecular Hbond substituents is 1. The average molecular weight is 419 g/mol. The molecule has 1 unspecified atom stereocenters. The van der Waals surface area contributed by atoms with Gasteiger partial charge in [-0.15, -0.1) is 0 Å². The van der Waals surface area contributed by atoms with Gasteiger partial charge in [0.05, 0.1) is 26.2 Å². The third-order valence-corrected chi connectivity index (χ3v) is 4.95. The van der Waals surface area contributed by atoms with Crippen LogP contribution in [0.2, 0.25) is 0 Å². The Kier molecular flexibility index (Phi) is 6.96. The summed E-state index contributed by atoms with van der Waals surface area (Å²) in [5.41, 5.74) is -0.146. The topological polar surface area (TPSA) is 119 Å². The summed E-state index contributed by atoms with van der Waals surface area (Å²) in [6.45, 7) is 1.84. The van der Waals surface area contributed by atoms with Crippen molar-refractivity contribution in [2.24, 2.45) is 0 Å². The van der Waals surface area contributed by atoms with Crippen LogP contribution in [-0.4, -0.2) is 61.5 Å². The number of hydrogen-bond acceptors (Lipinski definition) is 8. The first-order chi connectivity index (χ1) is 14.4. The van der Waals surface area contributed by atoms with Crippen molar-refractivity contribution >= 4 is 5.91 Å². The largest absolute Gasteiger partial charge is 0.504 e. The van der Waals surface area contributed by atoms with Gasteiger partial charge in [-0.2, -0.15) is 0 Å². The minimum Gasteiger partial charge on any atom is -0.504 e. The number of morpholine rings is 1. The Morgan fingerprint density at radius 2 is 1.93 bits per heavy atom. The number of methoxy groups -OCH3 is 2. The zero-order chi connectivity index (χ0) is 21.7. The summed E-state index contributed by atoms with van der Waals surface area (Å²) in [6, 6.07) is 5.77. The summed E-state index contributed by atoms with van der Waals surface area (Å²) < 4.78 is 21.1. The van der Waals surface area contributed by atoms with E-state index in [9.17, 15) is 19.8 Å². The minimum absolute atomic E-state index is 0.0283. The molecule has 1 fully saturated rings. The normalized spacial score (nSPS) is 15.1. The highest BCUT2D eigenvalue weighted by Crippen LogP contribution is 2.37. The molecule has 162 valence electrons. The van der Waals surface area contributed by atoms with Gasteiger partial charge in [0.15, 0.2) is 17.3 Å². The molecule has 2 aromatic rings. The van der Waals surface area contributed by atoms with E-state index in [2.05, 4.69) is 0 Å². The Morgan fingerprint density at radius 3 is 2.57 bits per heavy atom. The van der Waals surface area contributed by atoms with Gasteiger partial charge >= 0.3 is 0 Å². The zero-order valence-electron chi connectivity index (χ0n) is 16.9. The minimum atomic E-state index is -0.804. The summed E-state index contributed by atoms with van der Waals surface area (Å²) in [6.07, 6.45) is -0.0707. The van der Waals surface area contributed by atoms with Crippen LogP contribution in [0.25, 0.3) is 0 Å². The summed E-state index contributed by atoms with van der Waals surface area (Å²) >= 11 is 0. The smallest absolute Gasteiger partial charge is 0.227 e.